The highest BCUT2D eigenvalue weighted by atomic mass is 19.1. The zero-order valence-corrected chi connectivity index (χ0v) is 16.0. The van der Waals surface area contributed by atoms with Crippen LogP contribution in [0.25, 0.3) is 22.4 Å². The van der Waals surface area contributed by atoms with Crippen molar-refractivity contribution in [2.45, 2.75) is 45.6 Å². The highest BCUT2D eigenvalue weighted by molar-refractivity contribution is 5.80. The zero-order chi connectivity index (χ0) is 19.1. The van der Waals surface area contributed by atoms with Gasteiger partial charge in [-0.25, -0.2) is 4.39 Å². The first-order valence-corrected chi connectivity index (χ1v) is 9.45. The van der Waals surface area contributed by atoms with Gasteiger partial charge >= 0.3 is 0 Å². The monoisotopic (exact) mass is 365 g/mol. The Morgan fingerprint density at radius 3 is 2.59 bits per heavy atom. The van der Waals surface area contributed by atoms with Crippen LogP contribution in [0.3, 0.4) is 0 Å². The van der Waals surface area contributed by atoms with Crippen molar-refractivity contribution in [3.63, 3.8) is 0 Å². The molecule has 0 amide bonds. The number of aryl methyl sites for hydroxylation is 1. The molecule has 140 valence electrons. The maximum absolute atomic E-state index is 13.5. The SMILES string of the molecule is CC(C)c1nc2c(c(-c3ccc(F)cc3)c1CO)CCCc1c-2cnn1C. The van der Waals surface area contributed by atoms with Gasteiger partial charge in [0.1, 0.15) is 5.82 Å². The van der Waals surface area contributed by atoms with Crippen LogP contribution in [0.15, 0.2) is 30.5 Å². The average Bonchev–Trinajstić information content (AvgIpc) is 2.91. The van der Waals surface area contributed by atoms with Crippen LogP contribution in [0.2, 0.25) is 0 Å². The minimum absolute atomic E-state index is 0.0829. The predicted octanol–water partition coefficient (Wildman–Crippen LogP) is 4.39. The van der Waals surface area contributed by atoms with Crippen LogP contribution in [-0.4, -0.2) is 19.9 Å². The number of rotatable bonds is 3. The third kappa shape index (κ3) is 2.96. The summed E-state index contributed by atoms with van der Waals surface area (Å²) in [6.07, 6.45) is 4.69. The normalized spacial score (nSPS) is 13.4. The molecule has 0 radical (unpaired) electrons. The Morgan fingerprint density at radius 2 is 1.93 bits per heavy atom. The maximum atomic E-state index is 13.5. The maximum Gasteiger partial charge on any atom is 0.123 e. The van der Waals surface area contributed by atoms with E-state index in [1.807, 2.05) is 17.9 Å². The molecule has 2 aromatic heterocycles. The standard InChI is InChI=1S/C22H24FN3O/c1-13(2)21-18(12-27)20(14-7-9-15(23)10-8-14)16-5-4-6-19-17(22(16)25-21)11-24-26(19)3/h7-11,13,27H,4-6,12H2,1-3H3. The fraction of sp³-hybridized carbons (Fsp3) is 0.364. The van der Waals surface area contributed by atoms with Crippen molar-refractivity contribution >= 4 is 0 Å². The van der Waals surface area contributed by atoms with Crippen molar-refractivity contribution in [2.75, 3.05) is 0 Å². The molecule has 0 spiro atoms. The lowest BCUT2D eigenvalue weighted by Crippen LogP contribution is -2.09. The second-order valence-corrected chi connectivity index (χ2v) is 7.48. The first-order chi connectivity index (χ1) is 13.0. The summed E-state index contributed by atoms with van der Waals surface area (Å²) in [6, 6.07) is 6.54. The van der Waals surface area contributed by atoms with E-state index in [0.717, 1.165) is 58.5 Å². The minimum Gasteiger partial charge on any atom is -0.392 e. The minimum atomic E-state index is -0.261. The van der Waals surface area contributed by atoms with E-state index in [2.05, 4.69) is 18.9 Å². The summed E-state index contributed by atoms with van der Waals surface area (Å²) in [6.45, 7) is 4.09. The van der Waals surface area contributed by atoms with E-state index < -0.39 is 0 Å². The van der Waals surface area contributed by atoms with Crippen molar-refractivity contribution < 1.29 is 9.50 Å². The Kier molecular flexibility index (Phi) is 4.56. The summed E-state index contributed by atoms with van der Waals surface area (Å²) < 4.78 is 15.5. The summed E-state index contributed by atoms with van der Waals surface area (Å²) >= 11 is 0. The number of pyridine rings is 1. The molecule has 3 aromatic rings. The fourth-order valence-corrected chi connectivity index (χ4v) is 4.14. The zero-order valence-electron chi connectivity index (χ0n) is 16.0. The lowest BCUT2D eigenvalue weighted by atomic mass is 9.87. The second-order valence-electron chi connectivity index (χ2n) is 7.48. The van der Waals surface area contributed by atoms with Gasteiger partial charge in [-0.05, 0) is 54.0 Å². The molecule has 4 rings (SSSR count). The quantitative estimate of drug-likeness (QED) is 0.749. The number of nitrogens with zero attached hydrogens (tertiary/aromatic N) is 3. The Bertz CT molecular complexity index is 990. The fourth-order valence-electron chi connectivity index (χ4n) is 4.14. The van der Waals surface area contributed by atoms with Crippen molar-refractivity contribution in [3.8, 4) is 22.4 Å². The molecule has 0 bridgehead atoms. The van der Waals surface area contributed by atoms with Crippen LogP contribution in [-0.2, 0) is 26.5 Å². The van der Waals surface area contributed by atoms with E-state index in [1.165, 1.54) is 17.8 Å². The number of aromatic nitrogens is 3. The molecule has 4 nitrogen and oxygen atoms in total. The van der Waals surface area contributed by atoms with Crippen LogP contribution in [0.1, 0.15) is 48.7 Å². The number of halogens is 1. The van der Waals surface area contributed by atoms with Crippen LogP contribution in [0, 0.1) is 5.82 Å². The van der Waals surface area contributed by atoms with Crippen molar-refractivity contribution in [1.29, 1.82) is 0 Å². The molecule has 0 aliphatic heterocycles. The molecule has 0 fully saturated rings. The smallest absolute Gasteiger partial charge is 0.123 e. The molecular formula is C22H24FN3O. The van der Waals surface area contributed by atoms with Crippen molar-refractivity contribution in [3.05, 3.63) is 58.8 Å². The summed E-state index contributed by atoms with van der Waals surface area (Å²) in [5.74, 6) is -0.0944. The van der Waals surface area contributed by atoms with Gasteiger partial charge in [0.15, 0.2) is 0 Å². The van der Waals surface area contributed by atoms with Gasteiger partial charge in [-0.3, -0.25) is 9.67 Å². The number of fused-ring (bicyclic) bond motifs is 3. The van der Waals surface area contributed by atoms with Crippen LogP contribution in [0.4, 0.5) is 4.39 Å². The van der Waals surface area contributed by atoms with Gasteiger partial charge in [0.25, 0.3) is 0 Å². The highest BCUT2D eigenvalue weighted by Crippen LogP contribution is 2.41. The van der Waals surface area contributed by atoms with Gasteiger partial charge < -0.3 is 5.11 Å². The first-order valence-electron chi connectivity index (χ1n) is 9.45. The number of hydrogen-bond donors (Lipinski definition) is 1. The molecule has 1 N–H and O–H groups in total. The van der Waals surface area contributed by atoms with E-state index in [1.54, 1.807) is 12.1 Å². The number of benzene rings is 1. The molecular weight excluding hydrogens is 341 g/mol. The second kappa shape index (κ2) is 6.89. The Balaban J connectivity index is 2.08. The van der Waals surface area contributed by atoms with Crippen LogP contribution < -0.4 is 0 Å². The topological polar surface area (TPSA) is 50.9 Å². The Labute approximate surface area is 158 Å². The summed E-state index contributed by atoms with van der Waals surface area (Å²) in [4.78, 5) is 5.01. The molecule has 0 saturated carbocycles. The van der Waals surface area contributed by atoms with E-state index in [9.17, 15) is 9.50 Å². The third-order valence-corrected chi connectivity index (χ3v) is 5.43. The highest BCUT2D eigenvalue weighted by Gasteiger charge is 2.26. The Morgan fingerprint density at radius 1 is 1.19 bits per heavy atom. The summed E-state index contributed by atoms with van der Waals surface area (Å²) in [5.41, 5.74) is 8.02. The van der Waals surface area contributed by atoms with Gasteiger partial charge in [0.05, 0.1) is 18.5 Å². The third-order valence-electron chi connectivity index (χ3n) is 5.43. The molecule has 1 aliphatic carbocycles. The molecule has 0 atom stereocenters. The largest absolute Gasteiger partial charge is 0.392 e. The molecule has 0 unspecified atom stereocenters. The van der Waals surface area contributed by atoms with Crippen LogP contribution >= 0.6 is 0 Å². The summed E-state index contributed by atoms with van der Waals surface area (Å²) in [7, 11) is 1.97. The lowest BCUT2D eigenvalue weighted by Gasteiger charge is -2.21. The molecule has 5 heteroatoms. The first kappa shape index (κ1) is 17.9. The number of aliphatic hydroxyl groups excluding tert-OH is 1. The van der Waals surface area contributed by atoms with Gasteiger partial charge in [-0.1, -0.05) is 26.0 Å². The molecule has 1 aromatic carbocycles. The van der Waals surface area contributed by atoms with Crippen molar-refractivity contribution in [2.24, 2.45) is 7.05 Å². The average molecular weight is 365 g/mol. The van der Waals surface area contributed by atoms with Crippen molar-refractivity contribution in [1.82, 2.24) is 14.8 Å². The summed E-state index contributed by atoms with van der Waals surface area (Å²) in [5, 5.41) is 14.7. The van der Waals surface area contributed by atoms with E-state index >= 15 is 0 Å². The number of hydrogen-bond acceptors (Lipinski definition) is 3. The molecule has 2 heterocycles. The molecule has 1 aliphatic rings. The van der Waals surface area contributed by atoms with E-state index in [-0.39, 0.29) is 18.3 Å². The predicted molar refractivity (Wildman–Crippen MR) is 104 cm³/mol. The van der Waals surface area contributed by atoms with Crippen LogP contribution in [0.5, 0.6) is 0 Å². The van der Waals surface area contributed by atoms with Gasteiger partial charge in [0, 0.05) is 29.6 Å². The number of aliphatic hydroxyl groups is 1. The Hall–Kier alpha value is -2.53. The van der Waals surface area contributed by atoms with E-state index in [0.29, 0.717) is 0 Å². The molecule has 0 saturated heterocycles. The van der Waals surface area contributed by atoms with Gasteiger partial charge in [-0.15, -0.1) is 0 Å². The van der Waals surface area contributed by atoms with Gasteiger partial charge in [-0.2, -0.15) is 5.10 Å². The molecule has 27 heavy (non-hydrogen) atoms. The lowest BCUT2D eigenvalue weighted by molar-refractivity contribution is 0.280. The van der Waals surface area contributed by atoms with E-state index in [4.69, 9.17) is 4.98 Å². The van der Waals surface area contributed by atoms with Gasteiger partial charge in [0.2, 0.25) is 0 Å².